The first kappa shape index (κ1) is 29.0. The van der Waals surface area contributed by atoms with E-state index >= 15 is 0 Å². The lowest BCUT2D eigenvalue weighted by molar-refractivity contribution is -0.137. The molecule has 10 nitrogen and oxygen atoms in total. The van der Waals surface area contributed by atoms with E-state index in [9.17, 15) is 22.8 Å². The van der Waals surface area contributed by atoms with Crippen LogP contribution in [0.25, 0.3) is 11.1 Å². The van der Waals surface area contributed by atoms with Crippen LogP contribution < -0.4 is 15.1 Å². The zero-order valence-electron chi connectivity index (χ0n) is 24.4. The average molecular weight is 598 g/mol. The quantitative estimate of drug-likeness (QED) is 0.483. The van der Waals surface area contributed by atoms with Crippen LogP contribution in [0.3, 0.4) is 0 Å². The molecule has 2 aromatic heterocycles. The molecular formula is C30H34F3N7O3. The van der Waals surface area contributed by atoms with Crippen molar-refractivity contribution in [1.82, 2.24) is 25.0 Å². The smallest absolute Gasteiger partial charge is 0.381 e. The number of fused-ring (bicyclic) bond motifs is 2. The summed E-state index contributed by atoms with van der Waals surface area (Å²) in [6.07, 6.45) is -1.12. The second-order valence-electron chi connectivity index (χ2n) is 11.2. The van der Waals surface area contributed by atoms with Gasteiger partial charge in [-0.25, -0.2) is 0 Å². The Hall–Kier alpha value is -4.13. The van der Waals surface area contributed by atoms with Crippen LogP contribution in [0.15, 0.2) is 30.5 Å². The molecule has 3 aromatic rings. The summed E-state index contributed by atoms with van der Waals surface area (Å²) in [6, 6.07) is 5.77. The number of nitrogens with one attached hydrogen (secondary N) is 1. The van der Waals surface area contributed by atoms with Gasteiger partial charge in [0.15, 0.2) is 5.82 Å². The summed E-state index contributed by atoms with van der Waals surface area (Å²) in [5, 5.41) is 7.53. The molecular weight excluding hydrogens is 563 g/mol. The van der Waals surface area contributed by atoms with Gasteiger partial charge in [-0.1, -0.05) is 6.07 Å². The molecule has 3 aliphatic rings. The van der Waals surface area contributed by atoms with Crippen molar-refractivity contribution < 1.29 is 27.5 Å². The monoisotopic (exact) mass is 597 g/mol. The van der Waals surface area contributed by atoms with Crippen molar-refractivity contribution in [2.45, 2.75) is 44.9 Å². The maximum atomic E-state index is 14.7. The summed E-state index contributed by atoms with van der Waals surface area (Å²) < 4.78 is 51.6. The number of alkyl halides is 3. The minimum absolute atomic E-state index is 0.0200. The van der Waals surface area contributed by atoms with E-state index in [1.807, 2.05) is 21.5 Å². The maximum Gasteiger partial charge on any atom is 0.417 e. The van der Waals surface area contributed by atoms with Gasteiger partial charge in [0.25, 0.3) is 5.91 Å². The topological polar surface area (TPSA) is 95.8 Å². The highest BCUT2D eigenvalue weighted by Crippen LogP contribution is 2.47. The van der Waals surface area contributed by atoms with E-state index in [-0.39, 0.29) is 28.8 Å². The van der Waals surface area contributed by atoms with Crippen molar-refractivity contribution in [3.63, 3.8) is 0 Å². The van der Waals surface area contributed by atoms with Gasteiger partial charge < -0.3 is 24.8 Å². The van der Waals surface area contributed by atoms with Gasteiger partial charge in [0.1, 0.15) is 5.69 Å². The first-order chi connectivity index (χ1) is 20.6. The molecule has 0 bridgehead atoms. The molecule has 0 saturated carbocycles. The minimum Gasteiger partial charge on any atom is -0.381 e. The number of carbonyl (C=O) groups excluding carboxylic acids is 2. The van der Waals surface area contributed by atoms with Crippen LogP contribution in [0.1, 0.15) is 53.1 Å². The molecule has 0 spiro atoms. The molecule has 0 radical (unpaired) electrons. The molecule has 1 N–H and O–H groups in total. The van der Waals surface area contributed by atoms with Gasteiger partial charge in [-0.3, -0.25) is 19.3 Å². The van der Waals surface area contributed by atoms with E-state index < -0.39 is 17.6 Å². The third-order valence-electron chi connectivity index (χ3n) is 8.62. The molecule has 0 aliphatic carbocycles. The normalized spacial score (nSPS) is 17.5. The van der Waals surface area contributed by atoms with Crippen molar-refractivity contribution in [1.29, 1.82) is 0 Å². The molecule has 2 amide bonds. The van der Waals surface area contributed by atoms with Crippen LogP contribution in [-0.4, -0.2) is 78.4 Å². The lowest BCUT2D eigenvalue weighted by atomic mass is 9.96. The number of likely N-dealkylation sites (N-methyl/N-ethyl adjacent to an activating group) is 1. The zero-order valence-corrected chi connectivity index (χ0v) is 24.4. The van der Waals surface area contributed by atoms with Crippen LogP contribution in [0.4, 0.5) is 30.4 Å². The number of nitrogens with zero attached hydrogens (tertiary/aromatic N) is 6. The lowest BCUT2D eigenvalue weighted by Crippen LogP contribution is -2.38. The molecule has 1 saturated heterocycles. The Balaban J connectivity index is 1.49. The molecule has 5 heterocycles. The Morgan fingerprint density at radius 3 is 2.49 bits per heavy atom. The second kappa shape index (κ2) is 11.2. The summed E-state index contributed by atoms with van der Waals surface area (Å²) in [7, 11) is 3.32. The number of anilines is 3. The Bertz CT molecular complexity index is 1550. The van der Waals surface area contributed by atoms with E-state index in [1.165, 1.54) is 38.4 Å². The number of amides is 2. The van der Waals surface area contributed by atoms with Gasteiger partial charge in [-0.05, 0) is 36.6 Å². The van der Waals surface area contributed by atoms with Gasteiger partial charge in [0, 0.05) is 83.3 Å². The van der Waals surface area contributed by atoms with E-state index in [2.05, 4.69) is 10.3 Å². The maximum absolute atomic E-state index is 14.7. The van der Waals surface area contributed by atoms with E-state index in [1.54, 1.807) is 11.0 Å². The number of benzene rings is 1. The van der Waals surface area contributed by atoms with Gasteiger partial charge in [0.2, 0.25) is 5.91 Å². The number of carbonyl (C=O) groups is 2. The predicted octanol–water partition coefficient (Wildman–Crippen LogP) is 4.17. The highest BCUT2D eigenvalue weighted by atomic mass is 19.4. The Kier molecular flexibility index (Phi) is 7.53. The highest BCUT2D eigenvalue weighted by molar-refractivity contribution is 5.92. The molecule has 3 aliphatic heterocycles. The first-order valence-electron chi connectivity index (χ1n) is 14.4. The number of pyridine rings is 1. The van der Waals surface area contributed by atoms with Crippen molar-refractivity contribution in [3.8, 4) is 11.1 Å². The molecule has 1 fully saturated rings. The molecule has 228 valence electrons. The van der Waals surface area contributed by atoms with E-state index in [4.69, 9.17) is 9.84 Å². The molecule has 1 aromatic carbocycles. The van der Waals surface area contributed by atoms with Crippen LogP contribution in [0.2, 0.25) is 0 Å². The number of rotatable bonds is 4. The van der Waals surface area contributed by atoms with Gasteiger partial charge in [-0.2, -0.15) is 18.3 Å². The second-order valence-corrected chi connectivity index (χ2v) is 11.2. The number of hydrogen-bond donors (Lipinski definition) is 1. The van der Waals surface area contributed by atoms with Crippen LogP contribution in [-0.2, 0) is 28.7 Å². The molecule has 43 heavy (non-hydrogen) atoms. The Morgan fingerprint density at radius 2 is 1.84 bits per heavy atom. The van der Waals surface area contributed by atoms with Crippen molar-refractivity contribution in [2.75, 3.05) is 56.7 Å². The van der Waals surface area contributed by atoms with Gasteiger partial charge in [0.05, 0.1) is 29.5 Å². The van der Waals surface area contributed by atoms with Crippen molar-refractivity contribution in [3.05, 3.63) is 53.0 Å². The van der Waals surface area contributed by atoms with Gasteiger partial charge in [-0.15, -0.1) is 0 Å². The molecule has 0 unspecified atom stereocenters. The fraction of sp³-hybridized carbons (Fsp3) is 0.467. The third-order valence-corrected chi connectivity index (χ3v) is 8.62. The predicted molar refractivity (Wildman–Crippen MR) is 154 cm³/mol. The SMILES string of the molecule is CNC(=O)c1ccc(-c2cc3c(cc2C(F)(F)F)N(c2nn(C4CCOCC4)c4c2CN(C(C)=O)CC4)CCN3C)cn1. The third kappa shape index (κ3) is 5.30. The Labute approximate surface area is 247 Å². The zero-order chi connectivity index (χ0) is 30.5. The van der Waals surface area contributed by atoms with Crippen LogP contribution in [0.5, 0.6) is 0 Å². The van der Waals surface area contributed by atoms with Crippen LogP contribution in [0, 0.1) is 0 Å². The van der Waals surface area contributed by atoms with Crippen molar-refractivity contribution >= 4 is 29.0 Å². The largest absolute Gasteiger partial charge is 0.417 e. The Morgan fingerprint density at radius 1 is 1.07 bits per heavy atom. The fourth-order valence-electron chi connectivity index (χ4n) is 6.24. The number of hydrogen-bond acceptors (Lipinski definition) is 7. The van der Waals surface area contributed by atoms with Crippen molar-refractivity contribution in [2.24, 2.45) is 0 Å². The average Bonchev–Trinajstić information content (AvgIpc) is 3.39. The standard InChI is InChI=1S/C30H34F3N7O3/c1-18(41)38-9-6-25-22(17-38)28(36-40(25)20-7-12-43-13-8-20)39-11-10-37(3)26-14-21(23(15-27(26)39)30(31,32)33)19-4-5-24(35-16-19)29(42)34-2/h4-5,14-16,20H,6-13,17H2,1-3H3,(H,34,42). The van der Waals surface area contributed by atoms with Crippen LogP contribution >= 0.6 is 0 Å². The lowest BCUT2D eigenvalue weighted by Gasteiger charge is -2.38. The summed E-state index contributed by atoms with van der Waals surface area (Å²) in [5.41, 5.74) is 2.50. The molecule has 6 rings (SSSR count). The molecule has 13 heteroatoms. The number of halogens is 3. The number of aromatic nitrogens is 3. The van der Waals surface area contributed by atoms with Gasteiger partial charge >= 0.3 is 6.18 Å². The number of ether oxygens (including phenoxy) is 1. The molecule has 0 atom stereocenters. The highest BCUT2D eigenvalue weighted by Gasteiger charge is 2.39. The first-order valence-corrected chi connectivity index (χ1v) is 14.4. The fourth-order valence-corrected chi connectivity index (χ4v) is 6.24. The summed E-state index contributed by atoms with van der Waals surface area (Å²) in [5.74, 6) is 0.128. The summed E-state index contributed by atoms with van der Waals surface area (Å²) >= 11 is 0. The summed E-state index contributed by atoms with van der Waals surface area (Å²) in [6.45, 7) is 4.71. The summed E-state index contributed by atoms with van der Waals surface area (Å²) in [4.78, 5) is 34.0. The van der Waals surface area contributed by atoms with E-state index in [0.717, 1.165) is 24.1 Å². The van der Waals surface area contributed by atoms with E-state index in [0.29, 0.717) is 63.0 Å². The minimum atomic E-state index is -4.65.